The fraction of sp³-hybridized carbons (Fsp3) is 0.538. The molecule has 2 heterocycles. The quantitative estimate of drug-likeness (QED) is 0.910. The maximum Gasteiger partial charge on any atom is 0.258 e. The highest BCUT2D eigenvalue weighted by Crippen LogP contribution is 2.23. The Morgan fingerprint density at radius 1 is 1.58 bits per heavy atom. The predicted molar refractivity (Wildman–Crippen MR) is 73.8 cm³/mol. The zero-order valence-corrected chi connectivity index (χ0v) is 11.9. The van der Waals surface area contributed by atoms with Crippen molar-refractivity contribution in [2.24, 2.45) is 5.92 Å². The number of hydrogen-bond acceptors (Lipinski definition) is 4. The van der Waals surface area contributed by atoms with Gasteiger partial charge in [-0.1, -0.05) is 13.8 Å². The van der Waals surface area contributed by atoms with Crippen molar-refractivity contribution in [3.63, 3.8) is 0 Å². The third-order valence-electron chi connectivity index (χ3n) is 2.90. The van der Waals surface area contributed by atoms with E-state index in [2.05, 4.69) is 5.32 Å². The van der Waals surface area contributed by atoms with E-state index in [1.165, 1.54) is 12.5 Å². The molecule has 1 fully saturated rings. The number of amides is 2. The van der Waals surface area contributed by atoms with Crippen molar-refractivity contribution in [1.29, 1.82) is 0 Å². The van der Waals surface area contributed by atoms with Crippen LogP contribution >= 0.6 is 11.8 Å². The molecule has 1 unspecified atom stereocenters. The highest BCUT2D eigenvalue weighted by atomic mass is 32.2. The molecule has 2 amide bonds. The van der Waals surface area contributed by atoms with Crippen LogP contribution in [0, 0.1) is 5.92 Å². The van der Waals surface area contributed by atoms with Crippen molar-refractivity contribution in [3.8, 4) is 0 Å². The maximum atomic E-state index is 12.2. The van der Waals surface area contributed by atoms with Gasteiger partial charge < -0.3 is 14.6 Å². The molecular weight excluding hydrogens is 264 g/mol. The van der Waals surface area contributed by atoms with Crippen molar-refractivity contribution in [1.82, 2.24) is 10.2 Å². The fourth-order valence-corrected chi connectivity index (χ4v) is 2.99. The average molecular weight is 282 g/mol. The summed E-state index contributed by atoms with van der Waals surface area (Å²) in [5, 5.41) is 2.88. The summed E-state index contributed by atoms with van der Waals surface area (Å²) in [6.45, 7) is 4.71. The molecule has 1 aliphatic rings. The van der Waals surface area contributed by atoms with Gasteiger partial charge in [-0.15, -0.1) is 11.8 Å². The number of furan rings is 1. The van der Waals surface area contributed by atoms with Crippen molar-refractivity contribution in [2.45, 2.75) is 19.9 Å². The lowest BCUT2D eigenvalue weighted by atomic mass is 10.2. The number of carbonyl (C=O) groups excluding carboxylic acids is 2. The lowest BCUT2D eigenvalue weighted by molar-refractivity contribution is -0.124. The van der Waals surface area contributed by atoms with Crippen LogP contribution in [0.1, 0.15) is 24.2 Å². The highest BCUT2D eigenvalue weighted by molar-refractivity contribution is 7.99. The fourth-order valence-electron chi connectivity index (χ4n) is 1.83. The number of thioether (sulfide) groups is 1. The van der Waals surface area contributed by atoms with Crippen LogP contribution in [-0.4, -0.2) is 40.9 Å². The number of carbonyl (C=O) groups is 2. The zero-order valence-electron chi connectivity index (χ0n) is 11.1. The third-order valence-corrected chi connectivity index (χ3v) is 3.91. The van der Waals surface area contributed by atoms with Crippen LogP contribution < -0.4 is 5.32 Å². The molecule has 1 aromatic rings. The minimum absolute atomic E-state index is 0.0736. The van der Waals surface area contributed by atoms with Gasteiger partial charge in [-0.3, -0.25) is 9.59 Å². The van der Waals surface area contributed by atoms with Crippen molar-refractivity contribution in [3.05, 3.63) is 24.2 Å². The first kappa shape index (κ1) is 14.0. The Hall–Kier alpha value is -1.43. The smallest absolute Gasteiger partial charge is 0.258 e. The molecule has 1 saturated heterocycles. The summed E-state index contributed by atoms with van der Waals surface area (Å²) in [6.07, 6.45) is 2.87. The average Bonchev–Trinajstić information content (AvgIpc) is 3.05. The molecule has 1 atom stereocenters. The molecule has 19 heavy (non-hydrogen) atoms. The van der Waals surface area contributed by atoms with Gasteiger partial charge in [0.1, 0.15) is 12.3 Å². The van der Waals surface area contributed by atoms with Crippen LogP contribution in [0.15, 0.2) is 23.0 Å². The molecule has 0 spiro atoms. The Morgan fingerprint density at radius 2 is 2.37 bits per heavy atom. The molecule has 1 aromatic heterocycles. The molecule has 0 aromatic carbocycles. The first-order chi connectivity index (χ1) is 9.09. The number of nitrogens with one attached hydrogen (secondary N) is 1. The van der Waals surface area contributed by atoms with Gasteiger partial charge in [0.25, 0.3) is 5.91 Å². The van der Waals surface area contributed by atoms with Gasteiger partial charge >= 0.3 is 0 Å². The van der Waals surface area contributed by atoms with E-state index in [4.69, 9.17) is 4.42 Å². The summed E-state index contributed by atoms with van der Waals surface area (Å²) < 4.78 is 4.92. The van der Waals surface area contributed by atoms with Gasteiger partial charge in [-0.25, -0.2) is 0 Å². The molecule has 0 bridgehead atoms. The number of rotatable bonds is 4. The standard InChI is InChI=1S/C13H18N2O3S/c1-9(2)5-14-12(16)11-7-19-8-15(11)13(17)10-3-4-18-6-10/h3-4,6,9,11H,5,7-8H2,1-2H3,(H,14,16). The molecule has 104 valence electrons. The molecule has 1 N–H and O–H groups in total. The van der Waals surface area contributed by atoms with Crippen molar-refractivity contribution >= 4 is 23.6 Å². The summed E-state index contributed by atoms with van der Waals surface area (Å²) in [5.74, 6) is 1.37. The predicted octanol–water partition coefficient (Wildman–Crippen LogP) is 1.57. The minimum atomic E-state index is -0.383. The summed E-state index contributed by atoms with van der Waals surface area (Å²) in [4.78, 5) is 25.9. The SMILES string of the molecule is CC(C)CNC(=O)C1CSCN1C(=O)c1ccoc1. The summed E-state index contributed by atoms with van der Waals surface area (Å²) in [5.41, 5.74) is 0.490. The Kier molecular flexibility index (Phi) is 4.52. The van der Waals surface area contributed by atoms with Gasteiger partial charge in [-0.05, 0) is 12.0 Å². The summed E-state index contributed by atoms with van der Waals surface area (Å²) in [6, 6.07) is 1.24. The molecule has 0 saturated carbocycles. The van der Waals surface area contributed by atoms with Crippen LogP contribution in [-0.2, 0) is 4.79 Å². The van der Waals surface area contributed by atoms with Gasteiger partial charge in [0.2, 0.25) is 5.91 Å². The Bertz CT molecular complexity index is 445. The monoisotopic (exact) mass is 282 g/mol. The van der Waals surface area contributed by atoms with Crippen LogP contribution in [0.3, 0.4) is 0 Å². The second kappa shape index (κ2) is 6.14. The van der Waals surface area contributed by atoms with E-state index in [0.717, 1.165) is 0 Å². The second-order valence-corrected chi connectivity index (χ2v) is 5.94. The van der Waals surface area contributed by atoms with Crippen LogP contribution in [0.5, 0.6) is 0 Å². The van der Waals surface area contributed by atoms with E-state index in [1.54, 1.807) is 22.7 Å². The van der Waals surface area contributed by atoms with E-state index in [-0.39, 0.29) is 17.9 Å². The largest absolute Gasteiger partial charge is 0.472 e. The van der Waals surface area contributed by atoms with E-state index in [1.807, 2.05) is 13.8 Å². The number of nitrogens with zero attached hydrogens (tertiary/aromatic N) is 1. The molecule has 1 aliphatic heterocycles. The summed E-state index contributed by atoms with van der Waals surface area (Å²) >= 11 is 1.59. The van der Waals surface area contributed by atoms with E-state index in [0.29, 0.717) is 29.7 Å². The van der Waals surface area contributed by atoms with Crippen LogP contribution in [0.4, 0.5) is 0 Å². The molecule has 2 rings (SSSR count). The minimum Gasteiger partial charge on any atom is -0.472 e. The first-order valence-electron chi connectivity index (χ1n) is 6.28. The van der Waals surface area contributed by atoms with Crippen molar-refractivity contribution in [2.75, 3.05) is 18.2 Å². The van der Waals surface area contributed by atoms with E-state index < -0.39 is 0 Å². The lowest BCUT2D eigenvalue weighted by Gasteiger charge is -2.22. The summed E-state index contributed by atoms with van der Waals surface area (Å²) in [7, 11) is 0. The topological polar surface area (TPSA) is 62.6 Å². The Balaban J connectivity index is 2.00. The first-order valence-corrected chi connectivity index (χ1v) is 7.43. The molecular formula is C13H18N2O3S. The number of hydrogen-bond donors (Lipinski definition) is 1. The van der Waals surface area contributed by atoms with Gasteiger partial charge in [0.15, 0.2) is 0 Å². The second-order valence-electron chi connectivity index (χ2n) is 4.94. The van der Waals surface area contributed by atoms with Gasteiger partial charge in [0.05, 0.1) is 17.7 Å². The Labute approximate surface area is 116 Å². The Morgan fingerprint density at radius 3 is 3.00 bits per heavy atom. The van der Waals surface area contributed by atoms with Gasteiger partial charge in [0, 0.05) is 12.3 Å². The lowest BCUT2D eigenvalue weighted by Crippen LogP contribution is -2.47. The molecule has 5 nitrogen and oxygen atoms in total. The molecule has 0 aliphatic carbocycles. The van der Waals surface area contributed by atoms with Crippen LogP contribution in [0.25, 0.3) is 0 Å². The van der Waals surface area contributed by atoms with Gasteiger partial charge in [-0.2, -0.15) is 0 Å². The maximum absolute atomic E-state index is 12.2. The zero-order chi connectivity index (χ0) is 13.8. The van der Waals surface area contributed by atoms with Crippen molar-refractivity contribution < 1.29 is 14.0 Å². The van der Waals surface area contributed by atoms with E-state index >= 15 is 0 Å². The van der Waals surface area contributed by atoms with E-state index in [9.17, 15) is 9.59 Å². The third kappa shape index (κ3) is 3.32. The van der Waals surface area contributed by atoms with Crippen LogP contribution in [0.2, 0.25) is 0 Å². The molecule has 6 heteroatoms. The molecule has 0 radical (unpaired) electrons. The normalized spacial score (nSPS) is 18.9. The highest BCUT2D eigenvalue weighted by Gasteiger charge is 2.35.